The lowest BCUT2D eigenvalue weighted by molar-refractivity contribution is -0.120. The maximum Gasteiger partial charge on any atom is 0.228 e. The second kappa shape index (κ2) is 7.49. The standard InChI is InChI=1S/C13H20N4O/c1-3-5-6-11(4-2)13(18)15-12-7-9-17(16-12)10-8-14/h7,9,11H,3-6,10H2,1-2H3,(H,15,16,18). The zero-order valence-corrected chi connectivity index (χ0v) is 11.0. The summed E-state index contributed by atoms with van der Waals surface area (Å²) >= 11 is 0. The average Bonchev–Trinajstić information content (AvgIpc) is 2.78. The van der Waals surface area contributed by atoms with E-state index in [4.69, 9.17) is 5.26 Å². The summed E-state index contributed by atoms with van der Waals surface area (Å²) in [7, 11) is 0. The lowest BCUT2D eigenvalue weighted by Crippen LogP contribution is -2.22. The van der Waals surface area contributed by atoms with Crippen molar-refractivity contribution in [2.75, 3.05) is 5.32 Å². The van der Waals surface area contributed by atoms with E-state index in [0.29, 0.717) is 5.82 Å². The number of anilines is 1. The van der Waals surface area contributed by atoms with E-state index in [1.807, 2.05) is 13.0 Å². The Balaban J connectivity index is 2.53. The van der Waals surface area contributed by atoms with Crippen LogP contribution in [0.15, 0.2) is 12.3 Å². The highest BCUT2D eigenvalue weighted by Crippen LogP contribution is 2.15. The molecule has 1 aromatic heterocycles. The number of carbonyl (C=O) groups is 1. The van der Waals surface area contributed by atoms with Gasteiger partial charge in [-0.25, -0.2) is 0 Å². The van der Waals surface area contributed by atoms with Crippen molar-refractivity contribution >= 4 is 11.7 Å². The fourth-order valence-corrected chi connectivity index (χ4v) is 1.79. The normalized spacial score (nSPS) is 11.8. The molecule has 0 aliphatic rings. The molecule has 0 aliphatic heterocycles. The highest BCUT2D eigenvalue weighted by atomic mass is 16.1. The van der Waals surface area contributed by atoms with Crippen molar-refractivity contribution in [3.8, 4) is 6.07 Å². The highest BCUT2D eigenvalue weighted by molar-refractivity contribution is 5.91. The lowest BCUT2D eigenvalue weighted by Gasteiger charge is -2.13. The molecule has 18 heavy (non-hydrogen) atoms. The topological polar surface area (TPSA) is 70.7 Å². The number of carbonyl (C=O) groups excluding carboxylic acids is 1. The van der Waals surface area contributed by atoms with Gasteiger partial charge < -0.3 is 5.32 Å². The Morgan fingerprint density at radius 3 is 3.00 bits per heavy atom. The van der Waals surface area contributed by atoms with Crippen molar-refractivity contribution in [3.63, 3.8) is 0 Å². The highest BCUT2D eigenvalue weighted by Gasteiger charge is 2.16. The summed E-state index contributed by atoms with van der Waals surface area (Å²) in [4.78, 5) is 12.0. The molecule has 1 amide bonds. The number of aromatic nitrogens is 2. The molecule has 0 spiro atoms. The minimum Gasteiger partial charge on any atom is -0.309 e. The van der Waals surface area contributed by atoms with Gasteiger partial charge in [-0.3, -0.25) is 9.48 Å². The van der Waals surface area contributed by atoms with E-state index in [-0.39, 0.29) is 18.4 Å². The van der Waals surface area contributed by atoms with Crippen LogP contribution >= 0.6 is 0 Å². The first-order chi connectivity index (χ1) is 8.71. The van der Waals surface area contributed by atoms with Gasteiger partial charge in [0, 0.05) is 18.2 Å². The zero-order valence-electron chi connectivity index (χ0n) is 11.0. The summed E-state index contributed by atoms with van der Waals surface area (Å²) in [5.74, 6) is 0.587. The number of rotatable bonds is 7. The summed E-state index contributed by atoms with van der Waals surface area (Å²) in [6.45, 7) is 4.34. The number of amides is 1. The summed E-state index contributed by atoms with van der Waals surface area (Å²) in [5.41, 5.74) is 0. The molecule has 98 valence electrons. The fraction of sp³-hybridized carbons (Fsp3) is 0.615. The molecule has 0 radical (unpaired) electrons. The molecule has 0 aliphatic carbocycles. The van der Waals surface area contributed by atoms with Crippen LogP contribution in [0.4, 0.5) is 5.82 Å². The molecular formula is C13H20N4O. The van der Waals surface area contributed by atoms with Crippen LogP contribution in [-0.4, -0.2) is 15.7 Å². The second-order valence-corrected chi connectivity index (χ2v) is 4.29. The third kappa shape index (κ3) is 4.21. The Kier molecular flexibility index (Phi) is 5.92. The zero-order chi connectivity index (χ0) is 13.4. The molecular weight excluding hydrogens is 228 g/mol. The molecule has 1 atom stereocenters. The molecule has 5 nitrogen and oxygen atoms in total. The molecule has 1 heterocycles. The van der Waals surface area contributed by atoms with Crippen molar-refractivity contribution in [1.29, 1.82) is 5.26 Å². The van der Waals surface area contributed by atoms with Crippen molar-refractivity contribution in [3.05, 3.63) is 12.3 Å². The first kappa shape index (κ1) is 14.2. The largest absolute Gasteiger partial charge is 0.309 e. The van der Waals surface area contributed by atoms with Crippen LogP contribution in [0.1, 0.15) is 39.5 Å². The van der Waals surface area contributed by atoms with E-state index >= 15 is 0 Å². The number of nitriles is 1. The van der Waals surface area contributed by atoms with Crippen molar-refractivity contribution in [2.24, 2.45) is 5.92 Å². The Morgan fingerprint density at radius 2 is 2.39 bits per heavy atom. The molecule has 1 N–H and O–H groups in total. The third-order valence-electron chi connectivity index (χ3n) is 2.89. The minimum absolute atomic E-state index is 0.0214. The van der Waals surface area contributed by atoms with E-state index in [1.54, 1.807) is 12.3 Å². The van der Waals surface area contributed by atoms with Crippen LogP contribution in [0.5, 0.6) is 0 Å². The summed E-state index contributed by atoms with van der Waals surface area (Å²) in [6.07, 6.45) is 5.60. The van der Waals surface area contributed by atoms with Gasteiger partial charge in [0.25, 0.3) is 0 Å². The van der Waals surface area contributed by atoms with Gasteiger partial charge >= 0.3 is 0 Å². The fourth-order valence-electron chi connectivity index (χ4n) is 1.79. The average molecular weight is 248 g/mol. The quantitative estimate of drug-likeness (QED) is 0.806. The summed E-state index contributed by atoms with van der Waals surface area (Å²) in [6, 6.07) is 3.71. The van der Waals surface area contributed by atoms with Gasteiger partial charge in [0.2, 0.25) is 5.91 Å². The van der Waals surface area contributed by atoms with Crippen LogP contribution in [0.3, 0.4) is 0 Å². The van der Waals surface area contributed by atoms with Gasteiger partial charge in [-0.2, -0.15) is 10.4 Å². The van der Waals surface area contributed by atoms with Crippen molar-refractivity contribution < 1.29 is 4.79 Å². The van der Waals surface area contributed by atoms with Gasteiger partial charge in [-0.1, -0.05) is 26.7 Å². The van der Waals surface area contributed by atoms with Gasteiger partial charge in [0.05, 0.1) is 6.07 Å². The maximum atomic E-state index is 12.0. The Morgan fingerprint density at radius 1 is 1.61 bits per heavy atom. The second-order valence-electron chi connectivity index (χ2n) is 4.29. The molecule has 1 unspecified atom stereocenters. The van der Waals surface area contributed by atoms with Gasteiger partial charge in [0.1, 0.15) is 6.54 Å². The van der Waals surface area contributed by atoms with E-state index in [2.05, 4.69) is 17.3 Å². The lowest BCUT2D eigenvalue weighted by atomic mass is 9.98. The van der Waals surface area contributed by atoms with Crippen LogP contribution in [0.2, 0.25) is 0 Å². The SMILES string of the molecule is CCCCC(CC)C(=O)Nc1ccn(CC#N)n1. The predicted octanol–water partition coefficient (Wildman–Crippen LogP) is 2.56. The predicted molar refractivity (Wildman–Crippen MR) is 69.8 cm³/mol. The van der Waals surface area contributed by atoms with E-state index in [0.717, 1.165) is 25.7 Å². The number of hydrogen-bond acceptors (Lipinski definition) is 3. The number of unbranched alkanes of at least 4 members (excludes halogenated alkanes) is 1. The monoisotopic (exact) mass is 248 g/mol. The van der Waals surface area contributed by atoms with Crippen molar-refractivity contribution in [1.82, 2.24) is 9.78 Å². The maximum absolute atomic E-state index is 12.0. The van der Waals surface area contributed by atoms with E-state index in [1.165, 1.54) is 4.68 Å². The van der Waals surface area contributed by atoms with Crippen LogP contribution in [0, 0.1) is 17.2 Å². The van der Waals surface area contributed by atoms with Gasteiger partial charge in [0.15, 0.2) is 5.82 Å². The Hall–Kier alpha value is -1.83. The van der Waals surface area contributed by atoms with Crippen molar-refractivity contribution in [2.45, 2.75) is 46.1 Å². The smallest absolute Gasteiger partial charge is 0.228 e. The van der Waals surface area contributed by atoms with Crippen LogP contribution < -0.4 is 5.32 Å². The minimum atomic E-state index is 0.0214. The molecule has 5 heteroatoms. The number of hydrogen-bond donors (Lipinski definition) is 1. The van der Waals surface area contributed by atoms with Gasteiger partial charge in [-0.05, 0) is 12.8 Å². The number of nitrogens with one attached hydrogen (secondary N) is 1. The molecule has 0 fully saturated rings. The molecule has 0 saturated heterocycles. The van der Waals surface area contributed by atoms with Crippen LogP contribution in [-0.2, 0) is 11.3 Å². The molecule has 1 rings (SSSR count). The molecule has 0 aromatic carbocycles. The Labute approximate surface area is 108 Å². The third-order valence-corrected chi connectivity index (χ3v) is 2.89. The number of nitrogens with zero attached hydrogens (tertiary/aromatic N) is 3. The molecule has 0 bridgehead atoms. The van der Waals surface area contributed by atoms with Gasteiger partial charge in [-0.15, -0.1) is 0 Å². The Bertz CT molecular complexity index is 419. The summed E-state index contributed by atoms with van der Waals surface area (Å²) in [5, 5.41) is 15.4. The molecule has 0 saturated carbocycles. The van der Waals surface area contributed by atoms with Crippen LogP contribution in [0.25, 0.3) is 0 Å². The first-order valence-corrected chi connectivity index (χ1v) is 6.42. The molecule has 1 aromatic rings. The van der Waals surface area contributed by atoms with E-state index in [9.17, 15) is 4.79 Å². The first-order valence-electron chi connectivity index (χ1n) is 6.42. The van der Waals surface area contributed by atoms with E-state index < -0.39 is 0 Å². The summed E-state index contributed by atoms with van der Waals surface area (Å²) < 4.78 is 1.50.